The number of rotatable bonds is 2. The summed E-state index contributed by atoms with van der Waals surface area (Å²) in [7, 11) is 2.16. The molecule has 0 radical (unpaired) electrons. The van der Waals surface area contributed by atoms with Gasteiger partial charge in [-0.3, -0.25) is 4.68 Å². The lowest BCUT2D eigenvalue weighted by Crippen LogP contribution is -2.49. The molecule has 1 fully saturated rings. The molecular formula is C14H18N6. The molecule has 20 heavy (non-hydrogen) atoms. The van der Waals surface area contributed by atoms with Crippen LogP contribution in [0.4, 0.5) is 5.82 Å². The Morgan fingerprint density at radius 3 is 2.95 bits per heavy atom. The lowest BCUT2D eigenvalue weighted by Gasteiger charge is -2.41. The summed E-state index contributed by atoms with van der Waals surface area (Å²) >= 11 is 0. The molecule has 6 heteroatoms. The molecule has 0 aliphatic carbocycles. The molecule has 1 saturated heterocycles. The first kappa shape index (κ1) is 11.8. The van der Waals surface area contributed by atoms with Gasteiger partial charge in [0.25, 0.3) is 0 Å². The predicted molar refractivity (Wildman–Crippen MR) is 75.5 cm³/mol. The number of nitrogens with zero attached hydrogens (tertiary/aromatic N) is 6. The molecule has 0 bridgehead atoms. The van der Waals surface area contributed by atoms with E-state index in [9.17, 15) is 0 Å². The molecule has 0 amide bonds. The van der Waals surface area contributed by atoms with Crippen LogP contribution in [-0.2, 0) is 13.0 Å². The Hall–Kier alpha value is -1.95. The maximum absolute atomic E-state index is 4.52. The third-order valence-electron chi connectivity index (χ3n) is 4.23. The quantitative estimate of drug-likeness (QED) is 0.805. The lowest BCUT2D eigenvalue weighted by atomic mass is 10.0. The molecule has 104 valence electrons. The largest absolute Gasteiger partial charge is 0.352 e. The van der Waals surface area contributed by atoms with E-state index in [1.807, 2.05) is 23.1 Å². The fourth-order valence-corrected chi connectivity index (χ4v) is 3.03. The molecular weight excluding hydrogens is 252 g/mol. The van der Waals surface area contributed by atoms with Crippen molar-refractivity contribution >= 4 is 5.82 Å². The number of anilines is 1. The fourth-order valence-electron chi connectivity index (χ4n) is 3.03. The highest BCUT2D eigenvalue weighted by molar-refractivity contribution is 5.51. The zero-order valence-corrected chi connectivity index (χ0v) is 11.6. The van der Waals surface area contributed by atoms with Gasteiger partial charge in [-0.25, -0.2) is 9.97 Å². The Bertz CT molecular complexity index is 602. The zero-order valence-electron chi connectivity index (χ0n) is 11.6. The first-order valence-corrected chi connectivity index (χ1v) is 7.06. The number of hydrogen-bond donors (Lipinski definition) is 0. The second kappa shape index (κ2) is 4.56. The van der Waals surface area contributed by atoms with Gasteiger partial charge in [-0.2, -0.15) is 5.10 Å². The van der Waals surface area contributed by atoms with Crippen LogP contribution < -0.4 is 4.90 Å². The molecule has 0 atom stereocenters. The highest BCUT2D eigenvalue weighted by Gasteiger charge is 2.32. The number of likely N-dealkylation sites (N-methyl/N-ethyl adjacent to an activating group) is 1. The SMILES string of the molecule is CN1CCc2ncnc(N3CC(n4cccn4)C3)c2C1. The van der Waals surface area contributed by atoms with Crippen LogP contribution in [-0.4, -0.2) is 51.3 Å². The standard InChI is InChI=1S/C14H18N6/c1-18-6-3-13-12(9-18)14(16-10-15-13)19-7-11(8-19)20-5-2-4-17-20/h2,4-5,10-11H,3,6-9H2,1H3. The Balaban J connectivity index is 1.56. The zero-order chi connectivity index (χ0) is 13.5. The van der Waals surface area contributed by atoms with Crippen molar-refractivity contribution in [2.24, 2.45) is 0 Å². The molecule has 4 rings (SSSR count). The van der Waals surface area contributed by atoms with Crippen LogP contribution in [0.25, 0.3) is 0 Å². The third-order valence-corrected chi connectivity index (χ3v) is 4.23. The summed E-state index contributed by atoms with van der Waals surface area (Å²) in [6.07, 6.45) is 6.61. The second-order valence-electron chi connectivity index (χ2n) is 5.66. The Morgan fingerprint density at radius 2 is 2.15 bits per heavy atom. The van der Waals surface area contributed by atoms with E-state index in [1.165, 1.54) is 11.3 Å². The fraction of sp³-hybridized carbons (Fsp3) is 0.500. The van der Waals surface area contributed by atoms with Crippen molar-refractivity contribution in [3.63, 3.8) is 0 Å². The van der Waals surface area contributed by atoms with Gasteiger partial charge in [0.1, 0.15) is 12.1 Å². The van der Waals surface area contributed by atoms with Crippen LogP contribution in [0, 0.1) is 0 Å². The van der Waals surface area contributed by atoms with E-state index in [1.54, 1.807) is 6.33 Å². The van der Waals surface area contributed by atoms with Crippen LogP contribution in [0.15, 0.2) is 24.8 Å². The Labute approximate surface area is 118 Å². The van der Waals surface area contributed by atoms with Gasteiger partial charge in [-0.05, 0) is 13.1 Å². The molecule has 2 aliphatic rings. The molecule has 6 nitrogen and oxygen atoms in total. The molecule has 0 aromatic carbocycles. The van der Waals surface area contributed by atoms with Crippen LogP contribution in [0.3, 0.4) is 0 Å². The van der Waals surface area contributed by atoms with Gasteiger partial charge in [0.2, 0.25) is 0 Å². The Morgan fingerprint density at radius 1 is 1.25 bits per heavy atom. The van der Waals surface area contributed by atoms with Crippen LogP contribution >= 0.6 is 0 Å². The van der Waals surface area contributed by atoms with Crippen molar-refractivity contribution in [3.05, 3.63) is 36.0 Å². The first-order chi connectivity index (χ1) is 9.81. The molecule has 0 unspecified atom stereocenters. The van der Waals surface area contributed by atoms with Gasteiger partial charge >= 0.3 is 0 Å². The van der Waals surface area contributed by atoms with Crippen molar-refractivity contribution in [3.8, 4) is 0 Å². The van der Waals surface area contributed by atoms with Gasteiger partial charge in [0.15, 0.2) is 0 Å². The number of fused-ring (bicyclic) bond motifs is 1. The van der Waals surface area contributed by atoms with Crippen molar-refractivity contribution in [2.75, 3.05) is 31.6 Å². The molecule has 2 aromatic heterocycles. The molecule has 2 aliphatic heterocycles. The summed E-state index contributed by atoms with van der Waals surface area (Å²) in [5.74, 6) is 1.12. The molecule has 0 spiro atoms. The minimum atomic E-state index is 0.469. The van der Waals surface area contributed by atoms with Crippen molar-refractivity contribution < 1.29 is 0 Å². The first-order valence-electron chi connectivity index (χ1n) is 7.06. The summed E-state index contributed by atoms with van der Waals surface area (Å²) < 4.78 is 2.04. The van der Waals surface area contributed by atoms with E-state index in [4.69, 9.17) is 0 Å². The highest BCUT2D eigenvalue weighted by Crippen LogP contribution is 2.31. The van der Waals surface area contributed by atoms with Crippen LogP contribution in [0.5, 0.6) is 0 Å². The van der Waals surface area contributed by atoms with Crippen molar-refractivity contribution in [2.45, 2.75) is 19.0 Å². The number of aromatic nitrogens is 4. The second-order valence-corrected chi connectivity index (χ2v) is 5.66. The van der Waals surface area contributed by atoms with E-state index < -0.39 is 0 Å². The topological polar surface area (TPSA) is 50.1 Å². The minimum Gasteiger partial charge on any atom is -0.352 e. The maximum Gasteiger partial charge on any atom is 0.136 e. The normalized spacial score (nSPS) is 19.8. The summed E-state index contributed by atoms with van der Waals surface area (Å²) in [5, 5.41) is 4.31. The van der Waals surface area contributed by atoms with E-state index in [0.29, 0.717) is 6.04 Å². The highest BCUT2D eigenvalue weighted by atomic mass is 15.4. The lowest BCUT2D eigenvalue weighted by molar-refractivity contribution is 0.306. The van der Waals surface area contributed by atoms with E-state index in [-0.39, 0.29) is 0 Å². The monoisotopic (exact) mass is 270 g/mol. The predicted octanol–water partition coefficient (Wildman–Crippen LogP) is 0.722. The molecule has 4 heterocycles. The van der Waals surface area contributed by atoms with Gasteiger partial charge in [0.05, 0.1) is 11.7 Å². The van der Waals surface area contributed by atoms with Gasteiger partial charge in [-0.15, -0.1) is 0 Å². The average Bonchev–Trinajstić information content (AvgIpc) is 2.91. The summed E-state index contributed by atoms with van der Waals surface area (Å²) in [4.78, 5) is 13.6. The van der Waals surface area contributed by atoms with Crippen LogP contribution in [0.2, 0.25) is 0 Å². The maximum atomic E-state index is 4.52. The average molecular weight is 270 g/mol. The van der Waals surface area contributed by atoms with E-state index >= 15 is 0 Å². The van der Waals surface area contributed by atoms with Gasteiger partial charge < -0.3 is 9.80 Å². The Kier molecular flexibility index (Phi) is 2.70. The molecule has 2 aromatic rings. The summed E-state index contributed by atoms with van der Waals surface area (Å²) in [6, 6.07) is 2.45. The summed E-state index contributed by atoms with van der Waals surface area (Å²) in [6.45, 7) is 4.00. The van der Waals surface area contributed by atoms with Crippen molar-refractivity contribution in [1.82, 2.24) is 24.6 Å². The van der Waals surface area contributed by atoms with E-state index in [2.05, 4.69) is 31.9 Å². The van der Waals surface area contributed by atoms with E-state index in [0.717, 1.165) is 38.4 Å². The number of hydrogen-bond acceptors (Lipinski definition) is 5. The van der Waals surface area contributed by atoms with Gasteiger partial charge in [0, 0.05) is 50.6 Å². The molecule has 0 N–H and O–H groups in total. The molecule has 0 saturated carbocycles. The van der Waals surface area contributed by atoms with Gasteiger partial charge in [-0.1, -0.05) is 0 Å². The smallest absolute Gasteiger partial charge is 0.136 e. The van der Waals surface area contributed by atoms with Crippen molar-refractivity contribution in [1.29, 1.82) is 0 Å². The summed E-state index contributed by atoms with van der Waals surface area (Å²) in [5.41, 5.74) is 2.52. The minimum absolute atomic E-state index is 0.469. The third kappa shape index (κ3) is 1.87. The van der Waals surface area contributed by atoms with Crippen LogP contribution in [0.1, 0.15) is 17.3 Å².